The summed E-state index contributed by atoms with van der Waals surface area (Å²) in [5.74, 6) is -0.566. The molecule has 1 fully saturated rings. The zero-order valence-electron chi connectivity index (χ0n) is 17.5. The molecule has 1 saturated heterocycles. The van der Waals surface area contributed by atoms with Gasteiger partial charge in [0, 0.05) is 5.56 Å². The van der Waals surface area contributed by atoms with Gasteiger partial charge in [-0.1, -0.05) is 41.6 Å². The summed E-state index contributed by atoms with van der Waals surface area (Å²) in [7, 11) is 1.49. The molecule has 0 spiro atoms. The molecule has 0 unspecified atom stereocenters. The van der Waals surface area contributed by atoms with Gasteiger partial charge in [0.1, 0.15) is 12.4 Å². The Bertz CT molecular complexity index is 1280. The van der Waals surface area contributed by atoms with Crippen LogP contribution in [0.1, 0.15) is 20.8 Å². The number of thioether (sulfide) groups is 1. The fraction of sp³-hybridized carbons (Fsp3) is 0.0870. The van der Waals surface area contributed by atoms with Crippen LogP contribution in [0.3, 0.4) is 0 Å². The molecular formula is C23H16ClFN2O4S3. The van der Waals surface area contributed by atoms with Gasteiger partial charge in [-0.05, 0) is 59.6 Å². The van der Waals surface area contributed by atoms with E-state index in [9.17, 15) is 14.0 Å². The molecule has 1 aliphatic heterocycles. The molecule has 1 N–H and O–H groups in total. The minimum Gasteiger partial charge on any atom is -0.493 e. The van der Waals surface area contributed by atoms with Crippen molar-refractivity contribution in [3.8, 4) is 11.5 Å². The van der Waals surface area contributed by atoms with E-state index in [4.69, 9.17) is 33.3 Å². The molecule has 0 radical (unpaired) electrons. The SMILES string of the molecule is COc1ccc(/C=C2\SC(=S)N(NC(=O)c3cccs3)C2=O)cc1OCc1c(F)cccc1Cl. The van der Waals surface area contributed by atoms with E-state index < -0.39 is 17.6 Å². The first-order valence-corrected chi connectivity index (χ1v) is 12.2. The number of halogens is 2. The largest absolute Gasteiger partial charge is 0.493 e. The minimum absolute atomic E-state index is 0.109. The number of carbonyl (C=O) groups is 2. The zero-order chi connectivity index (χ0) is 24.2. The Morgan fingerprint density at radius 2 is 2.06 bits per heavy atom. The van der Waals surface area contributed by atoms with Crippen LogP contribution < -0.4 is 14.9 Å². The predicted molar refractivity (Wildman–Crippen MR) is 136 cm³/mol. The van der Waals surface area contributed by atoms with Crippen molar-refractivity contribution in [1.29, 1.82) is 0 Å². The van der Waals surface area contributed by atoms with Crippen molar-refractivity contribution in [1.82, 2.24) is 10.4 Å². The van der Waals surface area contributed by atoms with Gasteiger partial charge in [-0.2, -0.15) is 5.01 Å². The zero-order valence-corrected chi connectivity index (χ0v) is 20.7. The monoisotopic (exact) mass is 534 g/mol. The molecular weight excluding hydrogens is 519 g/mol. The van der Waals surface area contributed by atoms with Crippen molar-refractivity contribution in [2.45, 2.75) is 6.61 Å². The number of thiophene rings is 1. The Labute approximate surface area is 213 Å². The van der Waals surface area contributed by atoms with Gasteiger partial charge in [-0.15, -0.1) is 11.3 Å². The van der Waals surface area contributed by atoms with Gasteiger partial charge < -0.3 is 9.47 Å². The Hall–Kier alpha value is -2.92. The molecule has 3 aromatic rings. The summed E-state index contributed by atoms with van der Waals surface area (Å²) in [6, 6.07) is 12.9. The van der Waals surface area contributed by atoms with Gasteiger partial charge in [-0.25, -0.2) is 4.39 Å². The lowest BCUT2D eigenvalue weighted by Gasteiger charge is -2.14. The van der Waals surface area contributed by atoms with Crippen LogP contribution in [0.25, 0.3) is 6.08 Å². The molecule has 4 rings (SSSR count). The number of nitrogens with zero attached hydrogens (tertiary/aromatic N) is 1. The van der Waals surface area contributed by atoms with Crippen LogP contribution in [-0.2, 0) is 11.4 Å². The quantitative estimate of drug-likeness (QED) is 0.311. The Morgan fingerprint density at radius 1 is 1.24 bits per heavy atom. The van der Waals surface area contributed by atoms with Crippen molar-refractivity contribution in [3.05, 3.63) is 85.7 Å². The second-order valence-corrected chi connectivity index (χ2v) is 9.87. The van der Waals surface area contributed by atoms with Gasteiger partial charge >= 0.3 is 0 Å². The second kappa shape index (κ2) is 10.6. The average Bonchev–Trinajstić information content (AvgIpc) is 3.44. The molecule has 0 atom stereocenters. The standard InChI is InChI=1S/C23H16ClFN2O4S3/c1-30-17-8-7-13(10-18(17)31-12-14-15(24)4-2-5-16(14)25)11-20-22(29)27(23(32)34-20)26-21(28)19-6-3-9-33-19/h2-11H,12H2,1H3,(H,26,28)/b20-11-. The first kappa shape index (κ1) is 24.2. The maximum absolute atomic E-state index is 14.1. The van der Waals surface area contributed by atoms with Gasteiger partial charge in [-0.3, -0.25) is 15.0 Å². The number of amides is 2. The van der Waals surface area contributed by atoms with E-state index in [0.717, 1.165) is 16.8 Å². The fourth-order valence-corrected chi connectivity index (χ4v) is 5.01. The van der Waals surface area contributed by atoms with Crippen LogP contribution in [0.2, 0.25) is 5.02 Å². The lowest BCUT2D eigenvalue weighted by molar-refractivity contribution is -0.123. The summed E-state index contributed by atoms with van der Waals surface area (Å²) in [6.07, 6.45) is 1.62. The smallest absolute Gasteiger partial charge is 0.285 e. The number of nitrogens with one attached hydrogen (secondary N) is 1. The topological polar surface area (TPSA) is 67.9 Å². The number of methoxy groups -OCH3 is 1. The van der Waals surface area contributed by atoms with Gasteiger partial charge in [0.15, 0.2) is 15.8 Å². The van der Waals surface area contributed by atoms with E-state index >= 15 is 0 Å². The number of thiocarbonyl (C=S) groups is 1. The number of hydrogen-bond donors (Lipinski definition) is 1. The van der Waals surface area contributed by atoms with E-state index in [1.165, 1.54) is 30.6 Å². The molecule has 174 valence electrons. The van der Waals surface area contributed by atoms with Crippen LogP contribution in [0.15, 0.2) is 58.8 Å². The summed E-state index contributed by atoms with van der Waals surface area (Å²) in [4.78, 5) is 26.0. The van der Waals surface area contributed by atoms with E-state index in [1.54, 1.807) is 47.9 Å². The summed E-state index contributed by atoms with van der Waals surface area (Å²) >= 11 is 13.7. The number of ether oxygens (including phenoxy) is 2. The molecule has 6 nitrogen and oxygen atoms in total. The number of hydrazine groups is 1. The Kier molecular flexibility index (Phi) is 7.52. The van der Waals surface area contributed by atoms with Gasteiger partial charge in [0.2, 0.25) is 0 Å². The molecule has 2 amide bonds. The highest BCUT2D eigenvalue weighted by Crippen LogP contribution is 2.35. The summed E-state index contributed by atoms with van der Waals surface area (Å²) in [6.45, 7) is -0.109. The molecule has 0 bridgehead atoms. The maximum atomic E-state index is 14.1. The predicted octanol–water partition coefficient (Wildman–Crippen LogP) is 5.67. The third kappa shape index (κ3) is 5.25. The van der Waals surface area contributed by atoms with Gasteiger partial charge in [0.25, 0.3) is 11.8 Å². The summed E-state index contributed by atoms with van der Waals surface area (Å²) in [5.41, 5.74) is 3.38. The van der Waals surface area contributed by atoms with Crippen molar-refractivity contribution in [2.24, 2.45) is 0 Å². The van der Waals surface area contributed by atoms with E-state index in [1.807, 2.05) is 0 Å². The van der Waals surface area contributed by atoms with Crippen molar-refractivity contribution in [2.75, 3.05) is 7.11 Å². The first-order valence-electron chi connectivity index (χ1n) is 9.73. The average molecular weight is 535 g/mol. The summed E-state index contributed by atoms with van der Waals surface area (Å²) in [5, 5.41) is 3.07. The number of benzene rings is 2. The van der Waals surface area contributed by atoms with Crippen molar-refractivity contribution in [3.63, 3.8) is 0 Å². The van der Waals surface area contributed by atoms with Crippen LogP contribution >= 0.6 is 46.9 Å². The van der Waals surface area contributed by atoms with Crippen LogP contribution in [-0.4, -0.2) is 28.3 Å². The second-order valence-electron chi connectivity index (χ2n) is 6.83. The number of hydrogen-bond acceptors (Lipinski definition) is 7. The van der Waals surface area contributed by atoms with Crippen molar-refractivity contribution >= 4 is 69.1 Å². The molecule has 1 aromatic heterocycles. The molecule has 0 saturated carbocycles. The highest BCUT2D eigenvalue weighted by atomic mass is 35.5. The fourth-order valence-electron chi connectivity index (χ4n) is 3.00. The van der Waals surface area contributed by atoms with E-state index in [-0.39, 0.29) is 21.5 Å². The van der Waals surface area contributed by atoms with Crippen molar-refractivity contribution < 1.29 is 23.5 Å². The lowest BCUT2D eigenvalue weighted by atomic mass is 10.1. The highest BCUT2D eigenvalue weighted by Gasteiger charge is 2.34. The summed E-state index contributed by atoms with van der Waals surface area (Å²) < 4.78 is 25.4. The third-order valence-corrected chi connectivity index (χ3v) is 7.20. The van der Waals surface area contributed by atoms with E-state index in [2.05, 4.69) is 5.43 Å². The van der Waals surface area contributed by atoms with Gasteiger partial charge in [0.05, 0.1) is 21.9 Å². The number of rotatable bonds is 7. The maximum Gasteiger partial charge on any atom is 0.285 e. The molecule has 1 aliphatic rings. The van der Waals surface area contributed by atoms with Crippen LogP contribution in [0, 0.1) is 5.82 Å². The Morgan fingerprint density at radius 3 is 2.76 bits per heavy atom. The molecule has 11 heteroatoms. The van der Waals surface area contributed by atoms with E-state index in [0.29, 0.717) is 26.8 Å². The molecule has 2 aromatic carbocycles. The first-order chi connectivity index (χ1) is 16.4. The minimum atomic E-state index is -0.476. The molecule has 0 aliphatic carbocycles. The van der Waals surface area contributed by atoms with Crippen LogP contribution in [0.4, 0.5) is 4.39 Å². The van der Waals surface area contributed by atoms with Crippen LogP contribution in [0.5, 0.6) is 11.5 Å². The molecule has 2 heterocycles. The normalized spacial score (nSPS) is 14.6. The number of carbonyl (C=O) groups excluding carboxylic acids is 2. The third-order valence-electron chi connectivity index (χ3n) is 4.67. The molecule has 34 heavy (non-hydrogen) atoms. The highest BCUT2D eigenvalue weighted by molar-refractivity contribution is 8.26. The lowest BCUT2D eigenvalue weighted by Crippen LogP contribution is -2.44. The Balaban J connectivity index is 1.53.